The summed E-state index contributed by atoms with van der Waals surface area (Å²) in [6.45, 7) is 14.2. The first-order valence-corrected chi connectivity index (χ1v) is 10.3. The lowest BCUT2D eigenvalue weighted by Crippen LogP contribution is -2.38. The van der Waals surface area contributed by atoms with Gasteiger partial charge < -0.3 is 20.3 Å². The van der Waals surface area contributed by atoms with Gasteiger partial charge in [0.2, 0.25) is 5.89 Å². The highest BCUT2D eigenvalue weighted by atomic mass is 16.5. The Bertz CT molecular complexity index is 775. The SMILES string of the molecule is CCNC(=NCC(O)c1ccc(C(C)(C)C)cc1)NCCc1nc(C(C)C)no1. The zero-order valence-electron chi connectivity index (χ0n) is 18.5. The van der Waals surface area contributed by atoms with E-state index >= 15 is 0 Å². The fourth-order valence-corrected chi connectivity index (χ4v) is 2.72. The van der Waals surface area contributed by atoms with E-state index in [2.05, 4.69) is 58.7 Å². The van der Waals surface area contributed by atoms with Gasteiger partial charge in [0, 0.05) is 25.4 Å². The summed E-state index contributed by atoms with van der Waals surface area (Å²) >= 11 is 0. The molecule has 29 heavy (non-hydrogen) atoms. The van der Waals surface area contributed by atoms with Crippen LogP contribution < -0.4 is 10.6 Å². The van der Waals surface area contributed by atoms with Crippen LogP contribution in [-0.4, -0.2) is 40.8 Å². The quantitative estimate of drug-likeness (QED) is 0.464. The first kappa shape index (κ1) is 22.9. The molecule has 1 aromatic carbocycles. The number of nitrogens with zero attached hydrogens (tertiary/aromatic N) is 3. The fraction of sp³-hybridized carbons (Fsp3) is 0.591. The van der Waals surface area contributed by atoms with Crippen LogP contribution in [0.3, 0.4) is 0 Å². The summed E-state index contributed by atoms with van der Waals surface area (Å²) in [5.74, 6) is 2.23. The minimum Gasteiger partial charge on any atom is -0.386 e. The van der Waals surface area contributed by atoms with E-state index in [4.69, 9.17) is 4.52 Å². The average Bonchev–Trinajstić information content (AvgIpc) is 3.14. The molecule has 1 unspecified atom stereocenters. The Kier molecular flexibility index (Phi) is 8.20. The van der Waals surface area contributed by atoms with Crippen molar-refractivity contribution in [1.29, 1.82) is 0 Å². The van der Waals surface area contributed by atoms with Crippen LogP contribution in [0.25, 0.3) is 0 Å². The molecule has 7 heteroatoms. The molecule has 0 radical (unpaired) electrons. The van der Waals surface area contributed by atoms with E-state index < -0.39 is 6.10 Å². The summed E-state index contributed by atoms with van der Waals surface area (Å²) in [4.78, 5) is 8.88. The van der Waals surface area contributed by atoms with E-state index in [9.17, 15) is 5.11 Å². The third-order valence-corrected chi connectivity index (χ3v) is 4.56. The maximum Gasteiger partial charge on any atom is 0.228 e. The average molecular weight is 402 g/mol. The minimum atomic E-state index is -0.649. The van der Waals surface area contributed by atoms with Gasteiger partial charge in [-0.25, -0.2) is 0 Å². The lowest BCUT2D eigenvalue weighted by atomic mass is 9.86. The molecule has 0 saturated carbocycles. The summed E-state index contributed by atoms with van der Waals surface area (Å²) in [6, 6.07) is 8.09. The number of nitrogens with one attached hydrogen (secondary N) is 2. The lowest BCUT2D eigenvalue weighted by Gasteiger charge is -2.20. The van der Waals surface area contributed by atoms with Crippen molar-refractivity contribution in [1.82, 2.24) is 20.8 Å². The Hall–Kier alpha value is -2.41. The molecule has 0 spiro atoms. The van der Waals surface area contributed by atoms with Crippen LogP contribution in [0.15, 0.2) is 33.8 Å². The number of guanidine groups is 1. The van der Waals surface area contributed by atoms with E-state index in [0.29, 0.717) is 24.8 Å². The van der Waals surface area contributed by atoms with E-state index in [-0.39, 0.29) is 17.9 Å². The molecule has 160 valence electrons. The molecule has 0 fully saturated rings. The predicted molar refractivity (Wildman–Crippen MR) is 116 cm³/mol. The van der Waals surface area contributed by atoms with Crippen molar-refractivity contribution in [3.63, 3.8) is 0 Å². The largest absolute Gasteiger partial charge is 0.386 e. The number of aliphatic hydroxyl groups excluding tert-OH is 1. The van der Waals surface area contributed by atoms with E-state index in [1.807, 2.05) is 32.9 Å². The third-order valence-electron chi connectivity index (χ3n) is 4.56. The van der Waals surface area contributed by atoms with Gasteiger partial charge in [-0.2, -0.15) is 4.98 Å². The first-order chi connectivity index (χ1) is 13.7. The molecule has 1 aromatic heterocycles. The molecular weight excluding hydrogens is 366 g/mol. The molecule has 0 aliphatic carbocycles. The van der Waals surface area contributed by atoms with Gasteiger partial charge in [0.05, 0.1) is 12.6 Å². The smallest absolute Gasteiger partial charge is 0.228 e. The molecule has 0 amide bonds. The van der Waals surface area contributed by atoms with Crippen LogP contribution in [0.4, 0.5) is 0 Å². The normalized spacial score (nSPS) is 13.6. The molecule has 2 aromatic rings. The summed E-state index contributed by atoms with van der Waals surface area (Å²) in [6.07, 6.45) is -0.0370. The van der Waals surface area contributed by atoms with Crippen LogP contribution in [0.1, 0.15) is 76.4 Å². The number of benzene rings is 1. The molecule has 0 saturated heterocycles. The second-order valence-electron chi connectivity index (χ2n) is 8.49. The molecule has 3 N–H and O–H groups in total. The highest BCUT2D eigenvalue weighted by Crippen LogP contribution is 2.24. The van der Waals surface area contributed by atoms with Gasteiger partial charge in [0.15, 0.2) is 11.8 Å². The molecule has 2 rings (SSSR count). The summed E-state index contributed by atoms with van der Waals surface area (Å²) in [5.41, 5.74) is 2.20. The van der Waals surface area contributed by atoms with Crippen LogP contribution in [0.5, 0.6) is 0 Å². The number of aliphatic hydroxyl groups is 1. The van der Waals surface area contributed by atoms with E-state index in [1.165, 1.54) is 5.56 Å². The van der Waals surface area contributed by atoms with Gasteiger partial charge in [-0.05, 0) is 23.5 Å². The highest BCUT2D eigenvalue weighted by molar-refractivity contribution is 5.79. The predicted octanol–water partition coefficient (Wildman–Crippen LogP) is 3.32. The number of hydrogen-bond acceptors (Lipinski definition) is 5. The van der Waals surface area contributed by atoms with E-state index in [0.717, 1.165) is 17.9 Å². The number of rotatable bonds is 8. The highest BCUT2D eigenvalue weighted by Gasteiger charge is 2.15. The zero-order valence-corrected chi connectivity index (χ0v) is 18.5. The molecule has 0 aliphatic heterocycles. The molecule has 0 aliphatic rings. The summed E-state index contributed by atoms with van der Waals surface area (Å²) in [5, 5.41) is 20.9. The molecular formula is C22H35N5O2. The van der Waals surface area contributed by atoms with Gasteiger partial charge >= 0.3 is 0 Å². The molecule has 1 atom stereocenters. The van der Waals surface area contributed by atoms with Crippen molar-refractivity contribution in [2.75, 3.05) is 19.6 Å². The second-order valence-corrected chi connectivity index (χ2v) is 8.49. The van der Waals surface area contributed by atoms with Crippen LogP contribution in [0, 0.1) is 0 Å². The number of aromatic nitrogens is 2. The lowest BCUT2D eigenvalue weighted by molar-refractivity contribution is 0.187. The van der Waals surface area contributed by atoms with Gasteiger partial charge in [-0.3, -0.25) is 4.99 Å². The van der Waals surface area contributed by atoms with Gasteiger partial charge in [0.1, 0.15) is 0 Å². The Morgan fingerprint density at radius 3 is 2.41 bits per heavy atom. The summed E-state index contributed by atoms with van der Waals surface area (Å²) in [7, 11) is 0. The standard InChI is InChI=1S/C22H35N5O2/c1-7-23-21(24-13-12-19-26-20(15(2)3)27-29-19)25-14-18(28)16-8-10-17(11-9-16)22(4,5)6/h8-11,15,18,28H,7,12-14H2,1-6H3,(H2,23,24,25). The number of hydrogen-bond donors (Lipinski definition) is 3. The monoisotopic (exact) mass is 401 g/mol. The van der Waals surface area contributed by atoms with Crippen molar-refractivity contribution in [3.05, 3.63) is 47.1 Å². The third kappa shape index (κ3) is 7.16. The van der Waals surface area contributed by atoms with Crippen molar-refractivity contribution < 1.29 is 9.63 Å². The van der Waals surface area contributed by atoms with Crippen molar-refractivity contribution >= 4 is 5.96 Å². The molecule has 1 heterocycles. The topological polar surface area (TPSA) is 95.6 Å². The maximum absolute atomic E-state index is 10.5. The van der Waals surface area contributed by atoms with Gasteiger partial charge in [-0.1, -0.05) is 64.0 Å². The van der Waals surface area contributed by atoms with Gasteiger partial charge in [0.25, 0.3) is 0 Å². The Balaban J connectivity index is 1.90. The second kappa shape index (κ2) is 10.4. The molecule has 7 nitrogen and oxygen atoms in total. The van der Waals surface area contributed by atoms with Gasteiger partial charge in [-0.15, -0.1) is 0 Å². The Morgan fingerprint density at radius 2 is 1.86 bits per heavy atom. The Labute approximate surface area is 174 Å². The van der Waals surface area contributed by atoms with E-state index in [1.54, 1.807) is 0 Å². The van der Waals surface area contributed by atoms with Crippen LogP contribution >= 0.6 is 0 Å². The summed E-state index contributed by atoms with van der Waals surface area (Å²) < 4.78 is 5.26. The van der Waals surface area contributed by atoms with Crippen molar-refractivity contribution in [2.45, 2.75) is 65.4 Å². The maximum atomic E-state index is 10.5. The Morgan fingerprint density at radius 1 is 1.17 bits per heavy atom. The zero-order chi connectivity index (χ0) is 21.4. The fourth-order valence-electron chi connectivity index (χ4n) is 2.72. The molecule has 0 bridgehead atoms. The first-order valence-electron chi connectivity index (χ1n) is 10.3. The number of aliphatic imine (C=N–C) groups is 1. The minimum absolute atomic E-state index is 0.0953. The van der Waals surface area contributed by atoms with Crippen LogP contribution in [-0.2, 0) is 11.8 Å². The van der Waals surface area contributed by atoms with Crippen molar-refractivity contribution in [2.24, 2.45) is 4.99 Å². The van der Waals surface area contributed by atoms with Crippen LogP contribution in [0.2, 0.25) is 0 Å². The van der Waals surface area contributed by atoms with Crippen molar-refractivity contribution in [3.8, 4) is 0 Å².